The zero-order chi connectivity index (χ0) is 13.5. The Kier molecular flexibility index (Phi) is 3.07. The molecule has 1 saturated carbocycles. The first-order chi connectivity index (χ1) is 9.16. The number of carbonyl (C=O) groups is 1. The summed E-state index contributed by atoms with van der Waals surface area (Å²) in [4.78, 5) is 12.4. The van der Waals surface area contributed by atoms with Crippen LogP contribution in [0.15, 0.2) is 24.3 Å². The van der Waals surface area contributed by atoms with Crippen molar-refractivity contribution in [2.75, 3.05) is 6.54 Å². The van der Waals surface area contributed by atoms with Crippen LogP contribution in [0, 0.1) is 5.41 Å². The molecule has 0 aromatic heterocycles. The molecule has 0 heterocycles. The molecular formula is C15H20N2O2. The standard InChI is InChI=1S/C15H20N2O2/c16-9-15(6-3-7-15)14(19)17-13-11-5-2-1-4-10(11)8-12(13)18/h1-2,4-5,12-13,18H,3,6-9,16H2,(H,17,19)/t12-,13+/m1/s1. The first kappa shape index (κ1) is 12.6. The third-order valence-electron chi connectivity index (χ3n) is 4.67. The Balaban J connectivity index is 1.78. The number of nitrogens with two attached hydrogens (primary N) is 1. The molecule has 1 fully saturated rings. The van der Waals surface area contributed by atoms with Gasteiger partial charge in [-0.15, -0.1) is 0 Å². The number of nitrogens with one attached hydrogen (secondary N) is 1. The van der Waals surface area contributed by atoms with Crippen LogP contribution in [0.25, 0.3) is 0 Å². The third-order valence-corrected chi connectivity index (χ3v) is 4.67. The van der Waals surface area contributed by atoms with Crippen LogP contribution >= 0.6 is 0 Å². The van der Waals surface area contributed by atoms with Gasteiger partial charge in [0.15, 0.2) is 0 Å². The van der Waals surface area contributed by atoms with Crippen LogP contribution in [0.4, 0.5) is 0 Å². The maximum Gasteiger partial charge on any atom is 0.228 e. The van der Waals surface area contributed by atoms with Gasteiger partial charge in [0.2, 0.25) is 5.91 Å². The van der Waals surface area contributed by atoms with Crippen molar-refractivity contribution in [3.63, 3.8) is 0 Å². The fourth-order valence-corrected chi connectivity index (χ4v) is 3.17. The van der Waals surface area contributed by atoms with Crippen molar-refractivity contribution in [2.24, 2.45) is 11.1 Å². The summed E-state index contributed by atoms with van der Waals surface area (Å²) in [6.45, 7) is 0.392. The second-order valence-corrected chi connectivity index (χ2v) is 5.76. The van der Waals surface area contributed by atoms with Crippen molar-refractivity contribution in [3.05, 3.63) is 35.4 Å². The predicted octanol–water partition coefficient (Wildman–Crippen LogP) is 0.890. The van der Waals surface area contributed by atoms with Gasteiger partial charge in [0, 0.05) is 13.0 Å². The highest BCUT2D eigenvalue weighted by molar-refractivity contribution is 5.84. The van der Waals surface area contributed by atoms with Crippen LogP contribution < -0.4 is 11.1 Å². The van der Waals surface area contributed by atoms with Crippen LogP contribution in [0.1, 0.15) is 36.4 Å². The molecule has 4 N–H and O–H groups in total. The van der Waals surface area contributed by atoms with E-state index in [1.807, 2.05) is 24.3 Å². The molecule has 0 spiro atoms. The average molecular weight is 260 g/mol. The number of hydrogen-bond donors (Lipinski definition) is 3. The van der Waals surface area contributed by atoms with E-state index in [-0.39, 0.29) is 11.9 Å². The Bertz CT molecular complexity index is 491. The Morgan fingerprint density at radius 1 is 1.42 bits per heavy atom. The molecule has 0 aliphatic heterocycles. The first-order valence-corrected chi connectivity index (χ1v) is 6.93. The summed E-state index contributed by atoms with van der Waals surface area (Å²) < 4.78 is 0. The molecule has 0 radical (unpaired) electrons. The summed E-state index contributed by atoms with van der Waals surface area (Å²) in [6, 6.07) is 7.60. The van der Waals surface area contributed by atoms with Crippen LogP contribution in [-0.2, 0) is 11.2 Å². The molecule has 4 nitrogen and oxygen atoms in total. The lowest BCUT2D eigenvalue weighted by atomic mass is 9.68. The minimum absolute atomic E-state index is 0.00185. The quantitative estimate of drug-likeness (QED) is 0.755. The molecule has 3 rings (SSSR count). The zero-order valence-electron chi connectivity index (χ0n) is 10.9. The van der Waals surface area contributed by atoms with Gasteiger partial charge in [0.1, 0.15) is 0 Å². The second kappa shape index (κ2) is 4.62. The lowest BCUT2D eigenvalue weighted by molar-refractivity contribution is -0.136. The fourth-order valence-electron chi connectivity index (χ4n) is 3.17. The van der Waals surface area contributed by atoms with Crippen molar-refractivity contribution in [2.45, 2.75) is 37.8 Å². The molecule has 0 bridgehead atoms. The first-order valence-electron chi connectivity index (χ1n) is 6.93. The van der Waals surface area contributed by atoms with Gasteiger partial charge >= 0.3 is 0 Å². The molecule has 19 heavy (non-hydrogen) atoms. The number of carbonyl (C=O) groups excluding carboxylic acids is 1. The van der Waals surface area contributed by atoms with Crippen molar-refractivity contribution in [1.82, 2.24) is 5.32 Å². The Morgan fingerprint density at radius 3 is 2.79 bits per heavy atom. The summed E-state index contributed by atoms with van der Waals surface area (Å²) in [6.07, 6.45) is 2.86. The lowest BCUT2D eigenvalue weighted by Crippen LogP contribution is -2.52. The summed E-state index contributed by atoms with van der Waals surface area (Å²) in [5.74, 6) is 0.00185. The largest absolute Gasteiger partial charge is 0.390 e. The van der Waals surface area contributed by atoms with Gasteiger partial charge in [0.25, 0.3) is 0 Å². The maximum absolute atomic E-state index is 12.4. The molecule has 2 aliphatic rings. The number of rotatable bonds is 3. The maximum atomic E-state index is 12.4. The molecule has 2 aliphatic carbocycles. The van der Waals surface area contributed by atoms with E-state index in [2.05, 4.69) is 5.32 Å². The predicted molar refractivity (Wildman–Crippen MR) is 72.4 cm³/mol. The van der Waals surface area contributed by atoms with E-state index in [4.69, 9.17) is 5.73 Å². The van der Waals surface area contributed by atoms with E-state index in [0.29, 0.717) is 13.0 Å². The molecule has 0 unspecified atom stereocenters. The average Bonchev–Trinajstić information content (AvgIpc) is 2.66. The number of aliphatic hydroxyl groups excluding tert-OH is 1. The fraction of sp³-hybridized carbons (Fsp3) is 0.533. The highest BCUT2D eigenvalue weighted by Gasteiger charge is 2.44. The third kappa shape index (κ3) is 1.95. The number of benzene rings is 1. The Hall–Kier alpha value is -1.39. The Labute approximate surface area is 113 Å². The van der Waals surface area contributed by atoms with Crippen LogP contribution in [0.2, 0.25) is 0 Å². The summed E-state index contributed by atoms with van der Waals surface area (Å²) in [5.41, 5.74) is 7.52. The van der Waals surface area contributed by atoms with Crippen LogP contribution in [0.3, 0.4) is 0 Å². The SMILES string of the molecule is NCC1(C(=O)N[C@H]2c3ccccc3C[C@H]2O)CCC1. The van der Waals surface area contributed by atoms with Gasteiger partial charge in [-0.1, -0.05) is 30.7 Å². The molecule has 2 atom stereocenters. The lowest BCUT2D eigenvalue weighted by Gasteiger charge is -2.40. The molecule has 102 valence electrons. The Morgan fingerprint density at radius 2 is 2.16 bits per heavy atom. The van der Waals surface area contributed by atoms with E-state index in [1.54, 1.807) is 0 Å². The summed E-state index contributed by atoms with van der Waals surface area (Å²) in [7, 11) is 0. The van der Waals surface area contributed by atoms with Crippen molar-refractivity contribution in [1.29, 1.82) is 0 Å². The normalized spacial score (nSPS) is 27.5. The molecule has 0 saturated heterocycles. The minimum atomic E-state index is -0.531. The van der Waals surface area contributed by atoms with Crippen molar-refractivity contribution in [3.8, 4) is 0 Å². The van der Waals surface area contributed by atoms with E-state index >= 15 is 0 Å². The smallest absolute Gasteiger partial charge is 0.228 e. The van der Waals surface area contributed by atoms with Gasteiger partial charge < -0.3 is 16.2 Å². The van der Waals surface area contributed by atoms with Crippen molar-refractivity contribution < 1.29 is 9.90 Å². The number of fused-ring (bicyclic) bond motifs is 1. The highest BCUT2D eigenvalue weighted by atomic mass is 16.3. The van der Waals surface area contributed by atoms with E-state index < -0.39 is 11.5 Å². The monoisotopic (exact) mass is 260 g/mol. The number of amides is 1. The molecular weight excluding hydrogens is 240 g/mol. The summed E-state index contributed by atoms with van der Waals surface area (Å²) >= 11 is 0. The number of aliphatic hydroxyl groups is 1. The minimum Gasteiger partial charge on any atom is -0.390 e. The summed E-state index contributed by atoms with van der Waals surface area (Å²) in [5, 5.41) is 13.2. The van der Waals surface area contributed by atoms with E-state index in [0.717, 1.165) is 30.4 Å². The zero-order valence-corrected chi connectivity index (χ0v) is 10.9. The van der Waals surface area contributed by atoms with E-state index in [9.17, 15) is 9.90 Å². The molecule has 4 heteroatoms. The van der Waals surface area contributed by atoms with Crippen molar-refractivity contribution >= 4 is 5.91 Å². The van der Waals surface area contributed by atoms with Crippen LogP contribution in [0.5, 0.6) is 0 Å². The highest BCUT2D eigenvalue weighted by Crippen LogP contribution is 2.41. The molecule has 1 aromatic rings. The molecule has 1 amide bonds. The van der Waals surface area contributed by atoms with E-state index in [1.165, 1.54) is 0 Å². The van der Waals surface area contributed by atoms with Gasteiger partial charge in [-0.2, -0.15) is 0 Å². The second-order valence-electron chi connectivity index (χ2n) is 5.76. The van der Waals surface area contributed by atoms with Crippen LogP contribution in [-0.4, -0.2) is 23.7 Å². The topological polar surface area (TPSA) is 75.4 Å². The van der Waals surface area contributed by atoms with Gasteiger partial charge in [0.05, 0.1) is 17.6 Å². The molecule has 1 aromatic carbocycles. The van der Waals surface area contributed by atoms with Gasteiger partial charge in [-0.3, -0.25) is 4.79 Å². The van der Waals surface area contributed by atoms with Gasteiger partial charge in [-0.25, -0.2) is 0 Å². The number of hydrogen-bond acceptors (Lipinski definition) is 3. The van der Waals surface area contributed by atoms with Gasteiger partial charge in [-0.05, 0) is 24.0 Å².